The molecule has 8 heteroatoms. The number of hydrogen-bond donors (Lipinski definition) is 0. The Balaban J connectivity index is 2.37. The van der Waals surface area contributed by atoms with E-state index < -0.39 is 17.7 Å². The number of alkyl halides is 3. The number of benzene rings is 1. The van der Waals surface area contributed by atoms with Gasteiger partial charge in [0.15, 0.2) is 5.69 Å². The summed E-state index contributed by atoms with van der Waals surface area (Å²) in [5.41, 5.74) is 0.471. The number of para-hydroxylation sites is 1. The number of ether oxygens (including phenoxy) is 1. The number of methoxy groups -OCH3 is 1. The Morgan fingerprint density at radius 1 is 1.35 bits per heavy atom. The molecule has 0 aliphatic carbocycles. The fourth-order valence-corrected chi connectivity index (χ4v) is 1.64. The third-order valence-corrected chi connectivity index (χ3v) is 2.52. The summed E-state index contributed by atoms with van der Waals surface area (Å²) in [4.78, 5) is 11.1. The zero-order chi connectivity index (χ0) is 14.8. The molecule has 0 aliphatic rings. The van der Waals surface area contributed by atoms with Crippen molar-refractivity contribution in [1.82, 2.24) is 15.0 Å². The molecule has 5 nitrogen and oxygen atoms in total. The Hall–Kier alpha value is -2.22. The summed E-state index contributed by atoms with van der Waals surface area (Å²) in [5, 5.41) is 6.82. The second-order valence-electron chi connectivity index (χ2n) is 3.94. The molecule has 0 bridgehead atoms. The lowest BCUT2D eigenvalue weighted by atomic mass is 10.2. The van der Waals surface area contributed by atoms with E-state index in [0.29, 0.717) is 11.3 Å². The van der Waals surface area contributed by atoms with Crippen LogP contribution in [0.25, 0.3) is 5.69 Å². The van der Waals surface area contributed by atoms with Crippen LogP contribution in [0.3, 0.4) is 0 Å². The van der Waals surface area contributed by atoms with Gasteiger partial charge in [-0.1, -0.05) is 23.4 Å². The molecule has 1 aromatic carbocycles. The molecular formula is C12H10F3N3O2. The van der Waals surface area contributed by atoms with Crippen LogP contribution in [-0.4, -0.2) is 34.1 Å². The molecule has 20 heavy (non-hydrogen) atoms. The van der Waals surface area contributed by atoms with Crippen molar-refractivity contribution >= 4 is 5.78 Å². The summed E-state index contributed by atoms with van der Waals surface area (Å²) >= 11 is 0. The van der Waals surface area contributed by atoms with Crippen LogP contribution in [0, 0.1) is 0 Å². The highest BCUT2D eigenvalue weighted by Crippen LogP contribution is 2.21. The van der Waals surface area contributed by atoms with Crippen molar-refractivity contribution in [2.45, 2.75) is 12.8 Å². The highest BCUT2D eigenvalue weighted by molar-refractivity contribution is 5.98. The number of carbonyl (C=O) groups excluding carboxylic acids is 1. The number of hydrogen-bond acceptors (Lipinski definition) is 4. The number of carbonyl (C=O) groups is 1. The maximum atomic E-state index is 12.3. The predicted octanol–water partition coefficient (Wildman–Crippen LogP) is 2.16. The van der Waals surface area contributed by atoms with Gasteiger partial charge in [-0.2, -0.15) is 13.2 Å². The van der Waals surface area contributed by atoms with E-state index in [9.17, 15) is 18.0 Å². The Morgan fingerprint density at radius 3 is 2.70 bits per heavy atom. The van der Waals surface area contributed by atoms with Crippen molar-refractivity contribution in [3.8, 4) is 5.69 Å². The Labute approximate surface area is 112 Å². The van der Waals surface area contributed by atoms with Gasteiger partial charge in [0, 0.05) is 12.7 Å². The van der Waals surface area contributed by atoms with Gasteiger partial charge in [-0.25, -0.2) is 4.68 Å². The van der Waals surface area contributed by atoms with Crippen LogP contribution in [0.2, 0.25) is 0 Å². The van der Waals surface area contributed by atoms with E-state index >= 15 is 0 Å². The molecule has 2 aromatic rings. The summed E-state index contributed by atoms with van der Waals surface area (Å²) in [6, 6.07) is 6.84. The van der Waals surface area contributed by atoms with E-state index in [1.807, 2.05) is 0 Å². The summed E-state index contributed by atoms with van der Waals surface area (Å²) < 4.78 is 43.0. The zero-order valence-electron chi connectivity index (χ0n) is 10.4. The second-order valence-corrected chi connectivity index (χ2v) is 3.94. The summed E-state index contributed by atoms with van der Waals surface area (Å²) in [5.74, 6) is -2.02. The molecule has 0 spiro atoms. The number of halogens is 3. The van der Waals surface area contributed by atoms with Gasteiger partial charge in [-0.3, -0.25) is 4.79 Å². The molecule has 0 atom stereocenters. The minimum atomic E-state index is -4.97. The zero-order valence-corrected chi connectivity index (χ0v) is 10.4. The average molecular weight is 285 g/mol. The van der Waals surface area contributed by atoms with Gasteiger partial charge in [-0.05, 0) is 6.07 Å². The molecular weight excluding hydrogens is 275 g/mol. The lowest BCUT2D eigenvalue weighted by Gasteiger charge is -2.07. The van der Waals surface area contributed by atoms with Crippen LogP contribution in [0.4, 0.5) is 13.2 Å². The Kier molecular flexibility index (Phi) is 3.84. The van der Waals surface area contributed by atoms with Gasteiger partial charge in [0.2, 0.25) is 0 Å². The lowest BCUT2D eigenvalue weighted by molar-refractivity contribution is -0.0888. The molecule has 0 amide bonds. The van der Waals surface area contributed by atoms with Crippen molar-refractivity contribution in [3.05, 3.63) is 41.7 Å². The summed E-state index contributed by atoms with van der Waals surface area (Å²) in [6.07, 6.45) is -4.02. The molecule has 1 aromatic heterocycles. The predicted molar refractivity (Wildman–Crippen MR) is 62.5 cm³/mol. The van der Waals surface area contributed by atoms with Gasteiger partial charge in [0.05, 0.1) is 18.5 Å². The molecule has 0 unspecified atom stereocenters. The quantitative estimate of drug-likeness (QED) is 0.808. The largest absolute Gasteiger partial charge is 0.456 e. The van der Waals surface area contributed by atoms with Crippen LogP contribution < -0.4 is 0 Å². The van der Waals surface area contributed by atoms with E-state index in [0.717, 1.165) is 10.9 Å². The average Bonchev–Trinajstić information content (AvgIpc) is 2.87. The normalized spacial score (nSPS) is 11.6. The molecule has 1 heterocycles. The Morgan fingerprint density at radius 2 is 2.05 bits per heavy atom. The number of ketones is 1. The maximum Gasteiger partial charge on any atom is 0.456 e. The first-order chi connectivity index (χ1) is 9.43. The summed E-state index contributed by atoms with van der Waals surface area (Å²) in [6.45, 7) is 0.262. The van der Waals surface area contributed by atoms with E-state index in [-0.39, 0.29) is 6.61 Å². The lowest BCUT2D eigenvalue weighted by Crippen LogP contribution is -2.23. The van der Waals surface area contributed by atoms with Crippen molar-refractivity contribution < 1.29 is 22.7 Å². The van der Waals surface area contributed by atoms with Crippen molar-refractivity contribution in [3.63, 3.8) is 0 Å². The standard InChI is InChI=1S/C12H10F3N3O2/c1-20-7-8-4-2-3-5-10(8)18-6-9(16-17-18)11(19)12(13,14)15/h2-6H,7H2,1H3. The number of rotatable bonds is 4. The van der Waals surface area contributed by atoms with Crippen LogP contribution in [-0.2, 0) is 11.3 Å². The van der Waals surface area contributed by atoms with Crippen LogP contribution in [0.1, 0.15) is 16.1 Å². The van der Waals surface area contributed by atoms with E-state index in [1.54, 1.807) is 24.3 Å². The SMILES string of the molecule is COCc1ccccc1-n1cc(C(=O)C(F)(F)F)nn1. The van der Waals surface area contributed by atoms with E-state index in [2.05, 4.69) is 10.3 Å². The van der Waals surface area contributed by atoms with Crippen LogP contribution in [0.5, 0.6) is 0 Å². The summed E-state index contributed by atoms with van der Waals surface area (Å²) in [7, 11) is 1.50. The number of aromatic nitrogens is 3. The third-order valence-electron chi connectivity index (χ3n) is 2.52. The van der Waals surface area contributed by atoms with Crippen molar-refractivity contribution in [1.29, 1.82) is 0 Å². The highest BCUT2D eigenvalue weighted by Gasteiger charge is 2.41. The number of nitrogens with zero attached hydrogens (tertiary/aromatic N) is 3. The van der Waals surface area contributed by atoms with Gasteiger partial charge in [0.1, 0.15) is 0 Å². The first-order valence-electron chi connectivity index (χ1n) is 5.54. The minimum absolute atomic E-state index is 0.262. The molecule has 0 radical (unpaired) electrons. The number of Topliss-reactive ketones (excluding diaryl/α,β-unsaturated/α-hetero) is 1. The van der Waals surface area contributed by atoms with E-state index in [4.69, 9.17) is 4.74 Å². The molecule has 0 N–H and O–H groups in total. The molecule has 0 fully saturated rings. The maximum absolute atomic E-state index is 12.3. The van der Waals surface area contributed by atoms with Crippen LogP contribution >= 0.6 is 0 Å². The van der Waals surface area contributed by atoms with Gasteiger partial charge >= 0.3 is 6.18 Å². The topological polar surface area (TPSA) is 57.0 Å². The highest BCUT2D eigenvalue weighted by atomic mass is 19.4. The fraction of sp³-hybridized carbons (Fsp3) is 0.250. The van der Waals surface area contributed by atoms with Gasteiger partial charge < -0.3 is 4.74 Å². The fourth-order valence-electron chi connectivity index (χ4n) is 1.64. The molecule has 106 valence electrons. The minimum Gasteiger partial charge on any atom is -0.380 e. The smallest absolute Gasteiger partial charge is 0.380 e. The monoisotopic (exact) mass is 285 g/mol. The molecule has 2 rings (SSSR count). The van der Waals surface area contributed by atoms with Crippen molar-refractivity contribution in [2.75, 3.05) is 7.11 Å². The van der Waals surface area contributed by atoms with Crippen LogP contribution in [0.15, 0.2) is 30.5 Å². The molecule has 0 saturated heterocycles. The van der Waals surface area contributed by atoms with Crippen molar-refractivity contribution in [2.24, 2.45) is 0 Å². The van der Waals surface area contributed by atoms with Gasteiger partial charge in [0.25, 0.3) is 5.78 Å². The molecule has 0 saturated carbocycles. The second kappa shape index (κ2) is 5.41. The van der Waals surface area contributed by atoms with E-state index in [1.165, 1.54) is 7.11 Å². The van der Waals surface area contributed by atoms with Gasteiger partial charge in [-0.15, -0.1) is 5.10 Å². The first kappa shape index (κ1) is 14.2. The Bertz CT molecular complexity index is 622. The molecule has 0 aliphatic heterocycles. The third kappa shape index (κ3) is 2.85. The first-order valence-corrected chi connectivity index (χ1v) is 5.54.